The van der Waals surface area contributed by atoms with E-state index < -0.39 is 0 Å². The molecule has 17 heavy (non-hydrogen) atoms. The van der Waals surface area contributed by atoms with Crippen molar-refractivity contribution in [3.8, 4) is 0 Å². The standard InChI is InChI=1S/C13H24N4/c1-3-8-17-13(15-10-16-17)9-14-11(2)12-6-4-5-7-12/h10-12,14H,3-9H2,1-2H3/t11-/m1/s1. The molecule has 0 unspecified atom stereocenters. The largest absolute Gasteiger partial charge is 0.307 e. The number of rotatable bonds is 6. The van der Waals surface area contributed by atoms with Crippen LogP contribution in [0.5, 0.6) is 0 Å². The Labute approximate surface area is 104 Å². The fraction of sp³-hybridized carbons (Fsp3) is 0.846. The molecule has 96 valence electrons. The average Bonchev–Trinajstić information content (AvgIpc) is 2.97. The highest BCUT2D eigenvalue weighted by atomic mass is 15.3. The molecule has 0 radical (unpaired) electrons. The van der Waals surface area contributed by atoms with Crippen molar-refractivity contribution in [3.05, 3.63) is 12.2 Å². The molecule has 1 aliphatic rings. The zero-order valence-corrected chi connectivity index (χ0v) is 11.0. The van der Waals surface area contributed by atoms with Gasteiger partial charge in [0.2, 0.25) is 0 Å². The maximum absolute atomic E-state index is 4.32. The number of aryl methyl sites for hydroxylation is 1. The lowest BCUT2D eigenvalue weighted by molar-refractivity contribution is 0.372. The van der Waals surface area contributed by atoms with Crippen LogP contribution in [0.1, 0.15) is 51.8 Å². The molecule has 1 heterocycles. The number of aromatic nitrogens is 3. The highest BCUT2D eigenvalue weighted by molar-refractivity contribution is 4.86. The van der Waals surface area contributed by atoms with E-state index in [1.54, 1.807) is 6.33 Å². The van der Waals surface area contributed by atoms with Gasteiger partial charge in [-0.25, -0.2) is 9.67 Å². The van der Waals surface area contributed by atoms with E-state index in [1.807, 2.05) is 4.68 Å². The lowest BCUT2D eigenvalue weighted by atomic mass is 10.00. The van der Waals surface area contributed by atoms with Crippen LogP contribution in [0.3, 0.4) is 0 Å². The molecule has 1 saturated carbocycles. The van der Waals surface area contributed by atoms with Crippen molar-refractivity contribution in [2.75, 3.05) is 0 Å². The minimum Gasteiger partial charge on any atom is -0.307 e. The number of nitrogens with zero attached hydrogens (tertiary/aromatic N) is 3. The third-order valence-corrected chi connectivity index (χ3v) is 3.82. The topological polar surface area (TPSA) is 42.7 Å². The zero-order chi connectivity index (χ0) is 12.1. The van der Waals surface area contributed by atoms with Crippen LogP contribution in [-0.2, 0) is 13.1 Å². The minimum atomic E-state index is 0.601. The molecule has 2 rings (SSSR count). The maximum Gasteiger partial charge on any atom is 0.140 e. The fourth-order valence-electron chi connectivity index (χ4n) is 2.70. The van der Waals surface area contributed by atoms with Crippen molar-refractivity contribution in [1.29, 1.82) is 0 Å². The van der Waals surface area contributed by atoms with E-state index in [0.29, 0.717) is 6.04 Å². The van der Waals surface area contributed by atoms with Crippen LogP contribution in [0.15, 0.2) is 6.33 Å². The average molecular weight is 236 g/mol. The molecule has 1 aromatic heterocycles. The lowest BCUT2D eigenvalue weighted by Gasteiger charge is -2.20. The SMILES string of the molecule is CCCn1ncnc1CN[C@H](C)C1CCCC1. The van der Waals surface area contributed by atoms with Gasteiger partial charge in [0.25, 0.3) is 0 Å². The van der Waals surface area contributed by atoms with Crippen LogP contribution in [0.4, 0.5) is 0 Å². The van der Waals surface area contributed by atoms with E-state index >= 15 is 0 Å². The van der Waals surface area contributed by atoms with E-state index in [-0.39, 0.29) is 0 Å². The summed E-state index contributed by atoms with van der Waals surface area (Å²) in [5.74, 6) is 1.93. The summed E-state index contributed by atoms with van der Waals surface area (Å²) in [6.07, 6.45) is 8.35. The monoisotopic (exact) mass is 236 g/mol. The van der Waals surface area contributed by atoms with Gasteiger partial charge in [0.05, 0.1) is 6.54 Å². The Hall–Kier alpha value is -0.900. The summed E-state index contributed by atoms with van der Waals surface area (Å²) in [6, 6.07) is 0.601. The Balaban J connectivity index is 1.81. The third-order valence-electron chi connectivity index (χ3n) is 3.82. The molecule has 4 nitrogen and oxygen atoms in total. The lowest BCUT2D eigenvalue weighted by Crippen LogP contribution is -2.32. The fourth-order valence-corrected chi connectivity index (χ4v) is 2.70. The molecule has 0 bridgehead atoms. The van der Waals surface area contributed by atoms with Crippen molar-refractivity contribution in [2.24, 2.45) is 5.92 Å². The van der Waals surface area contributed by atoms with E-state index in [4.69, 9.17) is 0 Å². The molecule has 0 aliphatic heterocycles. The molecule has 1 atom stereocenters. The van der Waals surface area contributed by atoms with Crippen molar-refractivity contribution in [2.45, 2.75) is 65.1 Å². The summed E-state index contributed by atoms with van der Waals surface area (Å²) < 4.78 is 2.01. The van der Waals surface area contributed by atoms with Gasteiger partial charge in [0, 0.05) is 12.6 Å². The summed E-state index contributed by atoms with van der Waals surface area (Å²) in [5, 5.41) is 7.85. The van der Waals surface area contributed by atoms with E-state index in [1.165, 1.54) is 25.7 Å². The molecular weight excluding hydrogens is 212 g/mol. The third kappa shape index (κ3) is 3.28. The molecule has 0 amide bonds. The molecule has 1 N–H and O–H groups in total. The first-order valence-corrected chi connectivity index (χ1v) is 6.91. The van der Waals surface area contributed by atoms with E-state index in [2.05, 4.69) is 29.2 Å². The van der Waals surface area contributed by atoms with Gasteiger partial charge >= 0.3 is 0 Å². The van der Waals surface area contributed by atoms with Crippen LogP contribution >= 0.6 is 0 Å². The molecule has 1 aliphatic carbocycles. The van der Waals surface area contributed by atoms with E-state index in [9.17, 15) is 0 Å². The first-order valence-electron chi connectivity index (χ1n) is 6.91. The number of nitrogens with one attached hydrogen (secondary N) is 1. The maximum atomic E-state index is 4.32. The molecule has 0 spiro atoms. The predicted octanol–water partition coefficient (Wildman–Crippen LogP) is 2.36. The van der Waals surface area contributed by atoms with Gasteiger partial charge in [-0.3, -0.25) is 0 Å². The zero-order valence-electron chi connectivity index (χ0n) is 11.0. The summed E-state index contributed by atoms with van der Waals surface area (Å²) in [7, 11) is 0. The van der Waals surface area contributed by atoms with Gasteiger partial charge < -0.3 is 5.32 Å². The van der Waals surface area contributed by atoms with Gasteiger partial charge in [0.1, 0.15) is 12.2 Å². The second-order valence-electron chi connectivity index (χ2n) is 5.11. The van der Waals surface area contributed by atoms with Crippen LogP contribution in [0.25, 0.3) is 0 Å². The molecule has 0 saturated heterocycles. The second-order valence-corrected chi connectivity index (χ2v) is 5.11. The molecular formula is C13H24N4. The highest BCUT2D eigenvalue weighted by Crippen LogP contribution is 2.27. The molecule has 1 fully saturated rings. The summed E-state index contributed by atoms with van der Waals surface area (Å²) in [4.78, 5) is 4.32. The summed E-state index contributed by atoms with van der Waals surface area (Å²) in [5.41, 5.74) is 0. The Morgan fingerprint density at radius 3 is 2.94 bits per heavy atom. The quantitative estimate of drug-likeness (QED) is 0.824. The summed E-state index contributed by atoms with van der Waals surface area (Å²) in [6.45, 7) is 6.28. The van der Waals surface area contributed by atoms with Gasteiger partial charge in [-0.05, 0) is 32.1 Å². The Kier molecular flexibility index (Phi) is 4.54. The van der Waals surface area contributed by atoms with Crippen LogP contribution in [0.2, 0.25) is 0 Å². The van der Waals surface area contributed by atoms with Gasteiger partial charge in [0.15, 0.2) is 0 Å². The van der Waals surface area contributed by atoms with Crippen LogP contribution in [0, 0.1) is 5.92 Å². The van der Waals surface area contributed by atoms with Crippen LogP contribution < -0.4 is 5.32 Å². The predicted molar refractivity (Wildman–Crippen MR) is 68.6 cm³/mol. The van der Waals surface area contributed by atoms with Crippen molar-refractivity contribution < 1.29 is 0 Å². The van der Waals surface area contributed by atoms with Crippen molar-refractivity contribution >= 4 is 0 Å². The van der Waals surface area contributed by atoms with Crippen molar-refractivity contribution in [1.82, 2.24) is 20.1 Å². The van der Waals surface area contributed by atoms with E-state index in [0.717, 1.165) is 31.3 Å². The first-order chi connectivity index (χ1) is 8.31. The molecule has 1 aromatic rings. The molecule has 4 heteroatoms. The minimum absolute atomic E-state index is 0.601. The normalized spacial score (nSPS) is 18.7. The van der Waals surface area contributed by atoms with Gasteiger partial charge in [-0.15, -0.1) is 0 Å². The Morgan fingerprint density at radius 1 is 1.47 bits per heavy atom. The first kappa shape index (κ1) is 12.6. The highest BCUT2D eigenvalue weighted by Gasteiger charge is 2.21. The van der Waals surface area contributed by atoms with Gasteiger partial charge in [-0.1, -0.05) is 19.8 Å². The Bertz CT molecular complexity index is 328. The Morgan fingerprint density at radius 2 is 2.24 bits per heavy atom. The summed E-state index contributed by atoms with van der Waals surface area (Å²) >= 11 is 0. The van der Waals surface area contributed by atoms with Gasteiger partial charge in [-0.2, -0.15) is 5.10 Å². The van der Waals surface area contributed by atoms with Crippen molar-refractivity contribution in [3.63, 3.8) is 0 Å². The smallest absolute Gasteiger partial charge is 0.140 e. The molecule has 0 aromatic carbocycles. The van der Waals surface area contributed by atoms with Crippen LogP contribution in [-0.4, -0.2) is 20.8 Å². The number of hydrogen-bond donors (Lipinski definition) is 1. The second kappa shape index (κ2) is 6.15. The number of hydrogen-bond acceptors (Lipinski definition) is 3.